The highest BCUT2D eigenvalue weighted by Crippen LogP contribution is 2.58. The van der Waals surface area contributed by atoms with E-state index in [4.69, 9.17) is 4.74 Å². The van der Waals surface area contributed by atoms with Gasteiger partial charge in [0.1, 0.15) is 11.5 Å². The standard InChI is InChI=1S/C71H76BN3O/c1-66(2,3)43-26-31-47(32-27-43)73(48-33-28-44(29-34-48)67(4,5)6)49-41-52-50-22-18-20-24-53(50)71(16,17)63(52)59(42-49)74-57-36-30-45(68(7,8)9)38-55(57)72-54-35-37-58-62(51-23-19-21-25-56(51)75(58)70(13,14)15)65(54)76-61-40-46(69(10,11)12)39-60(74)64(61)72/h18-42H,1-17H3. The van der Waals surface area contributed by atoms with Crippen molar-refractivity contribution in [3.8, 4) is 22.6 Å². The van der Waals surface area contributed by atoms with Crippen LogP contribution in [0.25, 0.3) is 32.9 Å². The molecule has 0 amide bonds. The van der Waals surface area contributed by atoms with Gasteiger partial charge in [0.2, 0.25) is 0 Å². The SMILES string of the molecule is CC(C)(C)c1ccc(N(c2ccc(C(C)(C)C)cc2)c2cc3c(c(N4c5ccc(C(C)(C)C)cc5B5c6ccc7c(c6Oc6cc(C(C)(C)C)cc4c65)c4ccccc4n7C(C)(C)C)c2)C(C)(C)c2ccccc2-3)cc1. The predicted octanol–water partition coefficient (Wildman–Crippen LogP) is 17.9. The van der Waals surface area contributed by atoms with Crippen LogP contribution in [0.3, 0.4) is 0 Å². The second kappa shape index (κ2) is 16.5. The maximum Gasteiger partial charge on any atom is 0.256 e. The monoisotopic (exact) mass is 998 g/mol. The minimum absolute atomic E-state index is 0.0163. The van der Waals surface area contributed by atoms with Gasteiger partial charge >= 0.3 is 0 Å². The summed E-state index contributed by atoms with van der Waals surface area (Å²) >= 11 is 0. The van der Waals surface area contributed by atoms with Crippen molar-refractivity contribution < 1.29 is 4.74 Å². The summed E-state index contributed by atoms with van der Waals surface area (Å²) in [4.78, 5) is 5.15. The van der Waals surface area contributed by atoms with Crippen molar-refractivity contribution in [1.82, 2.24) is 4.57 Å². The lowest BCUT2D eigenvalue weighted by Gasteiger charge is -2.43. The van der Waals surface area contributed by atoms with E-state index in [0.717, 1.165) is 28.6 Å². The number of aromatic nitrogens is 1. The Morgan fingerprint density at radius 3 is 1.64 bits per heavy atom. The van der Waals surface area contributed by atoms with Gasteiger partial charge < -0.3 is 19.1 Å². The zero-order valence-electron chi connectivity index (χ0n) is 48.3. The van der Waals surface area contributed by atoms with E-state index in [0.29, 0.717) is 0 Å². The van der Waals surface area contributed by atoms with Crippen LogP contribution >= 0.6 is 0 Å². The van der Waals surface area contributed by atoms with Crippen molar-refractivity contribution in [3.63, 3.8) is 0 Å². The summed E-state index contributed by atoms with van der Waals surface area (Å²) in [6, 6.07) is 58.7. The fourth-order valence-electron chi connectivity index (χ4n) is 13.0. The Hall–Kier alpha value is -6.98. The van der Waals surface area contributed by atoms with E-state index in [9.17, 15) is 0 Å². The first kappa shape index (κ1) is 49.9. The lowest BCUT2D eigenvalue weighted by atomic mass is 9.33. The molecule has 5 heteroatoms. The molecular weight excluding hydrogens is 922 g/mol. The van der Waals surface area contributed by atoms with Gasteiger partial charge in [-0.15, -0.1) is 0 Å². The zero-order chi connectivity index (χ0) is 54.0. The second-order valence-corrected chi connectivity index (χ2v) is 27.9. The minimum atomic E-state index is -0.326. The number of nitrogens with zero attached hydrogens (tertiary/aromatic N) is 3. The first-order valence-corrected chi connectivity index (χ1v) is 27.8. The van der Waals surface area contributed by atoms with Gasteiger partial charge in [0, 0.05) is 55.7 Å². The number of benzene rings is 8. The van der Waals surface area contributed by atoms with Crippen molar-refractivity contribution >= 4 is 79.0 Å². The molecule has 9 aromatic rings. The van der Waals surface area contributed by atoms with Crippen LogP contribution in [0.4, 0.5) is 34.1 Å². The molecule has 3 heterocycles. The molecule has 1 aliphatic carbocycles. The number of rotatable bonds is 4. The Morgan fingerprint density at radius 2 is 1.04 bits per heavy atom. The first-order chi connectivity index (χ1) is 35.6. The molecule has 8 aromatic carbocycles. The topological polar surface area (TPSA) is 20.6 Å². The lowest BCUT2D eigenvalue weighted by Crippen LogP contribution is -2.60. The number of anilines is 6. The van der Waals surface area contributed by atoms with Gasteiger partial charge in [-0.3, -0.25) is 0 Å². The predicted molar refractivity (Wildman–Crippen MR) is 327 cm³/mol. The molecule has 0 atom stereocenters. The molecule has 0 bridgehead atoms. The van der Waals surface area contributed by atoms with Crippen molar-refractivity contribution in [1.29, 1.82) is 0 Å². The van der Waals surface area contributed by atoms with Crippen molar-refractivity contribution in [2.24, 2.45) is 0 Å². The Balaban J connectivity index is 1.19. The number of fused-ring (bicyclic) bond motifs is 11. The molecule has 0 saturated carbocycles. The summed E-state index contributed by atoms with van der Waals surface area (Å²) in [5.41, 5.74) is 22.8. The number of ether oxygens (including phenoxy) is 1. The average Bonchev–Trinajstić information content (AvgIpc) is 4.03. The zero-order valence-corrected chi connectivity index (χ0v) is 48.3. The van der Waals surface area contributed by atoms with Crippen LogP contribution in [0.5, 0.6) is 11.5 Å². The number of hydrogen-bond donors (Lipinski definition) is 0. The fraction of sp³-hybridized carbons (Fsp3) is 0.324. The number of hydrogen-bond acceptors (Lipinski definition) is 3. The maximum atomic E-state index is 7.68. The number of para-hydroxylation sites is 1. The van der Waals surface area contributed by atoms with Crippen molar-refractivity contribution in [2.45, 2.75) is 150 Å². The largest absolute Gasteiger partial charge is 0.458 e. The molecule has 0 N–H and O–H groups in total. The van der Waals surface area contributed by atoms with Crippen LogP contribution in [-0.2, 0) is 32.6 Å². The lowest BCUT2D eigenvalue weighted by molar-refractivity contribution is 0.423. The van der Waals surface area contributed by atoms with E-state index >= 15 is 0 Å². The summed E-state index contributed by atoms with van der Waals surface area (Å²) < 4.78 is 10.2. The summed E-state index contributed by atoms with van der Waals surface area (Å²) in [7, 11) is 0. The smallest absolute Gasteiger partial charge is 0.256 e. The molecule has 12 rings (SSSR count). The van der Waals surface area contributed by atoms with Crippen LogP contribution in [0.2, 0.25) is 0 Å². The van der Waals surface area contributed by atoms with E-state index in [1.807, 2.05) is 0 Å². The molecule has 76 heavy (non-hydrogen) atoms. The van der Waals surface area contributed by atoms with E-state index in [1.54, 1.807) is 0 Å². The Kier molecular flexibility index (Phi) is 10.8. The third-order valence-corrected chi connectivity index (χ3v) is 17.1. The molecule has 0 fully saturated rings. The van der Waals surface area contributed by atoms with Crippen LogP contribution in [0.15, 0.2) is 152 Å². The van der Waals surface area contributed by atoms with Gasteiger partial charge in [0.05, 0.1) is 11.2 Å². The van der Waals surface area contributed by atoms with Crippen LogP contribution in [0.1, 0.15) is 151 Å². The Morgan fingerprint density at radius 1 is 0.461 bits per heavy atom. The summed E-state index contributed by atoms with van der Waals surface area (Å²) in [5.74, 6) is 1.91. The van der Waals surface area contributed by atoms with Crippen molar-refractivity contribution in [2.75, 3.05) is 9.80 Å². The highest BCUT2D eigenvalue weighted by atomic mass is 16.5. The minimum Gasteiger partial charge on any atom is -0.458 e. The molecule has 3 aliphatic rings. The third-order valence-electron chi connectivity index (χ3n) is 17.1. The first-order valence-electron chi connectivity index (χ1n) is 27.8. The average molecular weight is 998 g/mol. The molecule has 384 valence electrons. The molecule has 2 aliphatic heterocycles. The molecule has 0 unspecified atom stereocenters. The van der Waals surface area contributed by atoms with Gasteiger partial charge in [-0.05, 0) is 170 Å². The van der Waals surface area contributed by atoms with Gasteiger partial charge in [0.15, 0.2) is 0 Å². The summed E-state index contributed by atoms with van der Waals surface area (Å²) in [5, 5.41) is 2.41. The van der Waals surface area contributed by atoms with E-state index in [1.165, 1.54) is 99.8 Å². The normalized spacial score (nSPS) is 14.8. The van der Waals surface area contributed by atoms with Crippen LogP contribution in [0, 0.1) is 0 Å². The van der Waals surface area contributed by atoms with E-state index in [-0.39, 0.29) is 39.3 Å². The Labute approximate surface area is 453 Å². The summed E-state index contributed by atoms with van der Waals surface area (Å²) in [6.45, 7) is 39.6. The maximum absolute atomic E-state index is 7.68. The van der Waals surface area contributed by atoms with Gasteiger partial charge in [0.25, 0.3) is 6.71 Å². The quantitative estimate of drug-likeness (QED) is 0.164. The highest BCUT2D eigenvalue weighted by molar-refractivity contribution is 6.99. The fourth-order valence-corrected chi connectivity index (χ4v) is 13.0. The molecule has 0 spiro atoms. The Bertz CT molecular complexity index is 3780. The molecule has 1 aromatic heterocycles. The third kappa shape index (κ3) is 7.68. The van der Waals surface area contributed by atoms with E-state index < -0.39 is 0 Å². The van der Waals surface area contributed by atoms with E-state index in [2.05, 4.69) is 284 Å². The van der Waals surface area contributed by atoms with Crippen LogP contribution < -0.4 is 30.9 Å². The van der Waals surface area contributed by atoms with Gasteiger partial charge in [-0.2, -0.15) is 0 Å². The molecule has 0 radical (unpaired) electrons. The molecular formula is C71H76BN3O. The van der Waals surface area contributed by atoms with Crippen LogP contribution in [-0.4, -0.2) is 11.3 Å². The highest BCUT2D eigenvalue weighted by Gasteiger charge is 2.47. The second-order valence-electron chi connectivity index (χ2n) is 27.9. The molecule has 0 saturated heterocycles. The van der Waals surface area contributed by atoms with Gasteiger partial charge in [-0.1, -0.05) is 182 Å². The van der Waals surface area contributed by atoms with Crippen molar-refractivity contribution in [3.05, 3.63) is 185 Å². The molecule has 4 nitrogen and oxygen atoms in total. The van der Waals surface area contributed by atoms with Gasteiger partial charge in [-0.25, -0.2) is 0 Å². The summed E-state index contributed by atoms with van der Waals surface area (Å²) in [6.07, 6.45) is 0.